The SMILES string of the molecule is CN(C)CC=N[Si](C(C)(C)C)(C(C)(C)C)[Si](C(C)(C)C)(C(C)(C)C)C(C)(C)C. The lowest BCUT2D eigenvalue weighted by Crippen LogP contribution is -2.81. The Morgan fingerprint density at radius 2 is 0.857 bits per heavy atom. The molecule has 0 aromatic rings. The van der Waals surface area contributed by atoms with E-state index in [4.69, 9.17) is 4.66 Å². The van der Waals surface area contributed by atoms with Gasteiger partial charge in [0.15, 0.2) is 7.75 Å². The maximum atomic E-state index is 5.84. The van der Waals surface area contributed by atoms with Crippen molar-refractivity contribution >= 4 is 21.6 Å². The van der Waals surface area contributed by atoms with Crippen molar-refractivity contribution in [1.29, 1.82) is 0 Å². The van der Waals surface area contributed by atoms with Crippen molar-refractivity contribution in [1.82, 2.24) is 4.90 Å². The quantitative estimate of drug-likeness (QED) is 0.327. The fourth-order valence-corrected chi connectivity index (χ4v) is 41.3. The van der Waals surface area contributed by atoms with Crippen LogP contribution >= 0.6 is 0 Å². The fraction of sp³-hybridized carbons (Fsp3) is 0.958. The first-order chi connectivity index (χ1) is 11.9. The largest absolute Gasteiger partial charge is 0.334 e. The van der Waals surface area contributed by atoms with Gasteiger partial charge in [0.1, 0.15) is 0 Å². The predicted molar refractivity (Wildman–Crippen MR) is 137 cm³/mol. The van der Waals surface area contributed by atoms with E-state index < -0.39 is 15.3 Å². The number of rotatable bonds is 4. The summed E-state index contributed by atoms with van der Waals surface area (Å²) in [5, 5.41) is 1.07. The third kappa shape index (κ3) is 4.39. The van der Waals surface area contributed by atoms with Gasteiger partial charge >= 0.3 is 0 Å². The van der Waals surface area contributed by atoms with Gasteiger partial charge in [0.25, 0.3) is 0 Å². The van der Waals surface area contributed by atoms with Gasteiger partial charge in [-0.1, -0.05) is 104 Å². The number of hydrogen-bond acceptors (Lipinski definition) is 2. The van der Waals surface area contributed by atoms with Crippen molar-refractivity contribution < 1.29 is 0 Å². The second kappa shape index (κ2) is 7.96. The molecule has 0 heterocycles. The Labute approximate surface area is 180 Å². The van der Waals surface area contributed by atoms with Gasteiger partial charge in [-0.3, -0.25) is 0 Å². The van der Waals surface area contributed by atoms with E-state index in [2.05, 4.69) is 129 Å². The highest BCUT2D eigenvalue weighted by Gasteiger charge is 2.77. The van der Waals surface area contributed by atoms with Gasteiger partial charge in [-0.2, -0.15) is 0 Å². The van der Waals surface area contributed by atoms with Gasteiger partial charge in [0.2, 0.25) is 0 Å². The molecule has 0 N–H and O–H groups in total. The summed E-state index contributed by atoms with van der Waals surface area (Å²) in [5.41, 5.74) is 0. The van der Waals surface area contributed by atoms with Crippen LogP contribution in [0.1, 0.15) is 104 Å². The van der Waals surface area contributed by atoms with E-state index in [1.165, 1.54) is 0 Å². The molecule has 0 atom stereocenters. The molecular weight excluding hydrogens is 372 g/mol. The zero-order chi connectivity index (χ0) is 23.2. The molecule has 0 spiro atoms. The minimum Gasteiger partial charge on any atom is -0.334 e. The van der Waals surface area contributed by atoms with Crippen molar-refractivity contribution in [2.24, 2.45) is 4.66 Å². The zero-order valence-corrected chi connectivity index (χ0v) is 24.7. The molecule has 0 aliphatic rings. The van der Waals surface area contributed by atoms with E-state index in [0.717, 1.165) is 6.54 Å². The summed E-state index contributed by atoms with van der Waals surface area (Å²) in [7, 11) is -0.0817. The van der Waals surface area contributed by atoms with Crippen molar-refractivity contribution in [3.05, 3.63) is 0 Å². The van der Waals surface area contributed by atoms with E-state index >= 15 is 0 Å². The van der Waals surface area contributed by atoms with Crippen LogP contribution in [0.25, 0.3) is 0 Å². The minimum atomic E-state index is -2.27. The topological polar surface area (TPSA) is 15.6 Å². The van der Waals surface area contributed by atoms with E-state index in [1.54, 1.807) is 0 Å². The molecule has 4 heteroatoms. The van der Waals surface area contributed by atoms with Crippen LogP contribution in [0.15, 0.2) is 4.66 Å². The van der Waals surface area contributed by atoms with E-state index in [9.17, 15) is 0 Å². The third-order valence-electron chi connectivity index (χ3n) is 6.82. The molecule has 0 aromatic heterocycles. The van der Waals surface area contributed by atoms with Crippen LogP contribution in [0, 0.1) is 0 Å². The van der Waals surface area contributed by atoms with Crippen LogP contribution in [0.5, 0.6) is 0 Å². The molecule has 0 saturated heterocycles. The maximum absolute atomic E-state index is 5.84. The van der Waals surface area contributed by atoms with E-state index in [-0.39, 0.29) is 25.2 Å². The Bertz CT molecular complexity index is 492. The molecule has 2 nitrogen and oxygen atoms in total. The number of nitrogens with zero attached hydrogens (tertiary/aromatic N) is 2. The first-order valence-electron chi connectivity index (χ1n) is 11.1. The molecule has 168 valence electrons. The lowest BCUT2D eigenvalue weighted by molar-refractivity contribution is 0.473. The molecule has 0 unspecified atom stereocenters. The smallest absolute Gasteiger partial charge is 0.181 e. The Kier molecular flexibility index (Phi) is 7.98. The van der Waals surface area contributed by atoms with Crippen LogP contribution in [0.2, 0.25) is 25.2 Å². The van der Waals surface area contributed by atoms with Crippen LogP contribution in [-0.4, -0.2) is 47.1 Å². The minimum absolute atomic E-state index is 0.175. The molecule has 0 rings (SSSR count). The Morgan fingerprint density at radius 1 is 0.571 bits per heavy atom. The molecule has 0 saturated carbocycles. The fourth-order valence-electron chi connectivity index (χ4n) is 8.08. The molecule has 0 fully saturated rings. The van der Waals surface area contributed by atoms with Crippen LogP contribution in [0.3, 0.4) is 0 Å². The molecule has 0 radical (unpaired) electrons. The second-order valence-corrected chi connectivity index (χ2v) is 29.4. The Hall–Kier alpha value is 0.0638. The summed E-state index contributed by atoms with van der Waals surface area (Å²) < 4.78 is 5.84. The van der Waals surface area contributed by atoms with Crippen LogP contribution in [0.4, 0.5) is 0 Å². The first kappa shape index (κ1) is 28.1. The molecule has 0 aromatic carbocycles. The van der Waals surface area contributed by atoms with Gasteiger partial charge in [0.05, 0.1) is 7.59 Å². The van der Waals surface area contributed by atoms with Gasteiger partial charge in [-0.05, 0) is 39.3 Å². The summed E-state index contributed by atoms with van der Waals surface area (Å²) in [5.74, 6) is 0. The van der Waals surface area contributed by atoms with Gasteiger partial charge in [-0.25, -0.2) is 0 Å². The predicted octanol–water partition coefficient (Wildman–Crippen LogP) is 8.09. The lowest BCUT2D eigenvalue weighted by atomic mass is 10.2. The molecular formula is C24H54N2Si2. The zero-order valence-electron chi connectivity index (χ0n) is 22.7. The third-order valence-corrected chi connectivity index (χ3v) is 34.5. The Balaban J connectivity index is 7.83. The first-order valence-corrected chi connectivity index (χ1v) is 16.0. The van der Waals surface area contributed by atoms with Gasteiger partial charge < -0.3 is 9.56 Å². The van der Waals surface area contributed by atoms with Crippen molar-refractivity contribution in [2.75, 3.05) is 20.6 Å². The normalized spacial score (nSPS) is 16.4. The summed E-state index contributed by atoms with van der Waals surface area (Å²) in [6, 6.07) is 0. The molecule has 0 bridgehead atoms. The highest BCUT2D eigenvalue weighted by Crippen LogP contribution is 2.73. The van der Waals surface area contributed by atoms with Crippen molar-refractivity contribution in [3.63, 3.8) is 0 Å². The van der Waals surface area contributed by atoms with Crippen molar-refractivity contribution in [2.45, 2.75) is 129 Å². The van der Waals surface area contributed by atoms with Crippen LogP contribution < -0.4 is 0 Å². The lowest BCUT2D eigenvalue weighted by Gasteiger charge is -2.71. The Morgan fingerprint density at radius 3 is 1.04 bits per heavy atom. The van der Waals surface area contributed by atoms with Crippen molar-refractivity contribution in [3.8, 4) is 0 Å². The highest BCUT2D eigenvalue weighted by molar-refractivity contribution is 7.46. The molecule has 0 amide bonds. The van der Waals surface area contributed by atoms with Crippen LogP contribution in [-0.2, 0) is 0 Å². The van der Waals surface area contributed by atoms with Gasteiger partial charge in [-0.15, -0.1) is 0 Å². The maximum Gasteiger partial charge on any atom is 0.181 e. The van der Waals surface area contributed by atoms with E-state index in [1.807, 2.05) is 0 Å². The molecule has 28 heavy (non-hydrogen) atoms. The summed E-state index contributed by atoms with van der Waals surface area (Å²) >= 11 is 0. The standard InChI is InChI=1S/C24H54N2Si2/c1-20(2,3)27(21(4,5)6,22(7,8)9)28(23(10,11)12,24(13,14)15)25-18-19-26(16)17/h18H,19H2,1-17H3. The monoisotopic (exact) mass is 426 g/mol. The summed E-state index contributed by atoms with van der Waals surface area (Å²) in [6.45, 7) is 38.8. The highest BCUT2D eigenvalue weighted by atomic mass is 29.3. The van der Waals surface area contributed by atoms with Gasteiger partial charge in [0, 0.05) is 12.8 Å². The summed E-state index contributed by atoms with van der Waals surface area (Å²) in [4.78, 5) is 2.24. The van der Waals surface area contributed by atoms with E-state index in [0.29, 0.717) is 0 Å². The average molecular weight is 427 g/mol. The molecule has 0 aliphatic heterocycles. The molecule has 0 aliphatic carbocycles. The summed E-state index contributed by atoms with van der Waals surface area (Å²) in [6.07, 6.45) is 2.29. The average Bonchev–Trinajstić information content (AvgIpc) is 2.28. The number of hydrogen-bond donors (Lipinski definition) is 0. The second-order valence-electron chi connectivity index (χ2n) is 14.3.